The van der Waals surface area contributed by atoms with Crippen LogP contribution in [0.3, 0.4) is 0 Å². The molecular weight excluding hydrogens is 256 g/mol. The van der Waals surface area contributed by atoms with E-state index in [4.69, 9.17) is 4.74 Å². The van der Waals surface area contributed by atoms with Gasteiger partial charge in [0.1, 0.15) is 5.75 Å². The van der Waals surface area contributed by atoms with Gasteiger partial charge in [-0.3, -0.25) is 14.5 Å². The first-order valence-electron chi connectivity index (χ1n) is 6.74. The monoisotopic (exact) mass is 276 g/mol. The smallest absolute Gasteiger partial charge is 0.230 e. The van der Waals surface area contributed by atoms with E-state index in [2.05, 4.69) is 12.2 Å². The van der Waals surface area contributed by atoms with Gasteiger partial charge in [-0.2, -0.15) is 0 Å². The molecule has 1 heterocycles. The lowest BCUT2D eigenvalue weighted by Crippen LogP contribution is -2.28. The number of ether oxygens (including phenoxy) is 1. The maximum absolute atomic E-state index is 11.7. The lowest BCUT2D eigenvalue weighted by molar-refractivity contribution is -0.139. The third-order valence-electron chi connectivity index (χ3n) is 3.72. The number of benzene rings is 1. The van der Waals surface area contributed by atoms with Crippen LogP contribution in [0.4, 0.5) is 0 Å². The fourth-order valence-electron chi connectivity index (χ4n) is 2.33. The minimum atomic E-state index is -0.107. The van der Waals surface area contributed by atoms with Gasteiger partial charge in [0.05, 0.1) is 13.7 Å². The maximum atomic E-state index is 11.7. The number of carbonyl (C=O) groups is 2. The van der Waals surface area contributed by atoms with Crippen molar-refractivity contribution in [1.29, 1.82) is 0 Å². The predicted octanol–water partition coefficient (Wildman–Crippen LogP) is 1.62. The quantitative estimate of drug-likeness (QED) is 0.830. The summed E-state index contributed by atoms with van der Waals surface area (Å²) >= 11 is 0. The summed E-state index contributed by atoms with van der Waals surface area (Å²) < 4.78 is 5.32. The molecule has 1 aromatic carbocycles. The van der Waals surface area contributed by atoms with E-state index in [0.29, 0.717) is 18.6 Å². The van der Waals surface area contributed by atoms with Gasteiger partial charge in [0, 0.05) is 24.4 Å². The van der Waals surface area contributed by atoms with Crippen LogP contribution in [-0.4, -0.2) is 30.9 Å². The van der Waals surface area contributed by atoms with Crippen molar-refractivity contribution < 1.29 is 14.3 Å². The van der Waals surface area contributed by atoms with Crippen LogP contribution in [0.5, 0.6) is 5.75 Å². The number of carbonyl (C=O) groups excluding carboxylic acids is 2. The molecule has 0 saturated carbocycles. The number of nitrogens with one attached hydrogen (secondary N) is 1. The number of rotatable bonds is 5. The molecule has 0 aromatic heterocycles. The Morgan fingerprint density at radius 1 is 1.30 bits per heavy atom. The summed E-state index contributed by atoms with van der Waals surface area (Å²) in [6, 6.07) is 6.05. The average molecular weight is 276 g/mol. The Bertz CT molecular complexity index is 512. The Labute approximate surface area is 118 Å². The molecule has 0 spiro atoms. The molecule has 1 N–H and O–H groups in total. The van der Waals surface area contributed by atoms with Crippen molar-refractivity contribution in [3.8, 4) is 5.75 Å². The Hall–Kier alpha value is -1.88. The lowest BCUT2D eigenvalue weighted by Gasteiger charge is -2.18. The third-order valence-corrected chi connectivity index (χ3v) is 3.72. The van der Waals surface area contributed by atoms with E-state index in [1.54, 1.807) is 7.11 Å². The first kappa shape index (κ1) is 14.5. The van der Waals surface area contributed by atoms with E-state index < -0.39 is 0 Å². The number of amides is 2. The first-order valence-corrected chi connectivity index (χ1v) is 6.74. The topological polar surface area (TPSA) is 58.6 Å². The molecule has 1 atom stereocenters. The number of hydrogen-bond donors (Lipinski definition) is 1. The average Bonchev–Trinajstić information content (AvgIpc) is 2.78. The second-order valence-corrected chi connectivity index (χ2v) is 4.96. The second kappa shape index (κ2) is 6.05. The highest BCUT2D eigenvalue weighted by Gasteiger charge is 2.29. The summed E-state index contributed by atoms with van der Waals surface area (Å²) in [5, 5.41) is 3.17. The van der Waals surface area contributed by atoms with Gasteiger partial charge in [-0.15, -0.1) is 0 Å². The fourth-order valence-corrected chi connectivity index (χ4v) is 2.33. The molecule has 1 saturated heterocycles. The molecule has 1 fully saturated rings. The van der Waals surface area contributed by atoms with Crippen LogP contribution in [0.1, 0.15) is 36.9 Å². The summed E-state index contributed by atoms with van der Waals surface area (Å²) in [5.74, 6) is 0.484. The molecule has 108 valence electrons. The summed E-state index contributed by atoms with van der Waals surface area (Å²) in [4.78, 5) is 24.7. The van der Waals surface area contributed by atoms with Crippen LogP contribution in [0.25, 0.3) is 0 Å². The predicted molar refractivity (Wildman–Crippen MR) is 75.3 cm³/mol. The molecule has 1 aliphatic heterocycles. The SMILES string of the molecule is CNC(C)c1ccc(OC)c(CN2C(=O)CCC2=O)c1. The van der Waals surface area contributed by atoms with Crippen molar-refractivity contribution in [2.75, 3.05) is 14.2 Å². The number of methoxy groups -OCH3 is 1. The molecule has 5 nitrogen and oxygen atoms in total. The van der Waals surface area contributed by atoms with Gasteiger partial charge in [0.15, 0.2) is 0 Å². The van der Waals surface area contributed by atoms with E-state index in [9.17, 15) is 9.59 Å². The summed E-state index contributed by atoms with van der Waals surface area (Å²) in [6.07, 6.45) is 0.627. The molecule has 1 aliphatic rings. The molecule has 2 amide bonds. The number of likely N-dealkylation sites (tertiary alicyclic amines) is 1. The minimum Gasteiger partial charge on any atom is -0.496 e. The van der Waals surface area contributed by atoms with Gasteiger partial charge in [0.25, 0.3) is 0 Å². The fraction of sp³-hybridized carbons (Fsp3) is 0.467. The Morgan fingerprint density at radius 3 is 2.50 bits per heavy atom. The van der Waals surface area contributed by atoms with Crippen LogP contribution < -0.4 is 10.1 Å². The second-order valence-electron chi connectivity index (χ2n) is 4.96. The summed E-state index contributed by atoms with van der Waals surface area (Å²) in [5.41, 5.74) is 1.96. The first-order chi connectivity index (χ1) is 9.56. The van der Waals surface area contributed by atoms with Crippen molar-refractivity contribution in [1.82, 2.24) is 10.2 Å². The van der Waals surface area contributed by atoms with E-state index in [1.165, 1.54) is 4.90 Å². The Morgan fingerprint density at radius 2 is 1.95 bits per heavy atom. The number of imide groups is 1. The standard InChI is InChI=1S/C15H20N2O3/c1-10(16-2)11-4-5-13(20-3)12(8-11)9-17-14(18)6-7-15(17)19/h4-5,8,10,16H,6-7,9H2,1-3H3. The van der Waals surface area contributed by atoms with Crippen LogP contribution in [-0.2, 0) is 16.1 Å². The third kappa shape index (κ3) is 2.82. The van der Waals surface area contributed by atoms with Crippen LogP contribution in [0.15, 0.2) is 18.2 Å². The van der Waals surface area contributed by atoms with Crippen molar-refractivity contribution in [3.05, 3.63) is 29.3 Å². The molecule has 20 heavy (non-hydrogen) atoms. The number of nitrogens with zero attached hydrogens (tertiary/aromatic N) is 1. The summed E-state index contributed by atoms with van der Waals surface area (Å²) in [7, 11) is 3.48. The summed E-state index contributed by atoms with van der Waals surface area (Å²) in [6.45, 7) is 2.34. The zero-order chi connectivity index (χ0) is 14.7. The number of hydrogen-bond acceptors (Lipinski definition) is 4. The normalized spacial score (nSPS) is 16.6. The zero-order valence-corrected chi connectivity index (χ0v) is 12.1. The van der Waals surface area contributed by atoms with Crippen molar-refractivity contribution >= 4 is 11.8 Å². The van der Waals surface area contributed by atoms with Crippen LogP contribution in [0.2, 0.25) is 0 Å². The van der Waals surface area contributed by atoms with Gasteiger partial charge in [-0.1, -0.05) is 6.07 Å². The largest absolute Gasteiger partial charge is 0.496 e. The van der Waals surface area contributed by atoms with Crippen LogP contribution in [0, 0.1) is 0 Å². The van der Waals surface area contributed by atoms with E-state index in [0.717, 1.165) is 11.1 Å². The van der Waals surface area contributed by atoms with Gasteiger partial charge in [0.2, 0.25) is 11.8 Å². The van der Waals surface area contributed by atoms with Gasteiger partial charge in [-0.05, 0) is 31.7 Å². The molecule has 5 heteroatoms. The molecular formula is C15H20N2O3. The molecule has 1 aromatic rings. The van der Waals surface area contributed by atoms with Gasteiger partial charge >= 0.3 is 0 Å². The molecule has 0 aliphatic carbocycles. The maximum Gasteiger partial charge on any atom is 0.230 e. The minimum absolute atomic E-state index is 0.107. The van der Waals surface area contributed by atoms with Gasteiger partial charge < -0.3 is 10.1 Å². The highest BCUT2D eigenvalue weighted by molar-refractivity contribution is 6.01. The highest BCUT2D eigenvalue weighted by Crippen LogP contribution is 2.26. The van der Waals surface area contributed by atoms with E-state index >= 15 is 0 Å². The molecule has 0 radical (unpaired) electrons. The van der Waals surface area contributed by atoms with Crippen molar-refractivity contribution in [2.45, 2.75) is 32.4 Å². The highest BCUT2D eigenvalue weighted by atomic mass is 16.5. The molecule has 1 unspecified atom stereocenters. The van der Waals surface area contributed by atoms with E-state index in [-0.39, 0.29) is 24.4 Å². The van der Waals surface area contributed by atoms with Crippen LogP contribution >= 0.6 is 0 Å². The van der Waals surface area contributed by atoms with Crippen molar-refractivity contribution in [3.63, 3.8) is 0 Å². The van der Waals surface area contributed by atoms with Gasteiger partial charge in [-0.25, -0.2) is 0 Å². The lowest BCUT2D eigenvalue weighted by atomic mass is 10.0. The van der Waals surface area contributed by atoms with Crippen molar-refractivity contribution in [2.24, 2.45) is 0 Å². The Kier molecular flexibility index (Phi) is 4.39. The van der Waals surface area contributed by atoms with E-state index in [1.807, 2.05) is 25.2 Å². The molecule has 2 rings (SSSR count). The molecule has 0 bridgehead atoms. The zero-order valence-electron chi connectivity index (χ0n) is 12.1. The Balaban J connectivity index is 2.28.